The number of piperidine rings is 1. The number of methoxy groups -OCH3 is 2. The van der Waals surface area contributed by atoms with Crippen LogP contribution < -0.4 is 10.1 Å². The summed E-state index contributed by atoms with van der Waals surface area (Å²) < 4.78 is 52.7. The summed E-state index contributed by atoms with van der Waals surface area (Å²) in [5, 5.41) is 4.51. The number of likely N-dealkylation sites (tertiary alicyclic amines) is 1. The molecule has 3 aliphatic rings. The Bertz CT molecular complexity index is 1700. The SMILES string of the molecule is COC(=O)c1ccc([C@H]2CC3(CCN2Cc2c(OC)cc(C)c4c2ccn4C(=O)OC(C)(C)C)CC(F)(F)C3)c(NCC2CCOCC2)c1. The Kier molecular flexibility index (Phi) is 9.71. The van der Waals surface area contributed by atoms with Crippen molar-refractivity contribution in [1.29, 1.82) is 0 Å². The van der Waals surface area contributed by atoms with Crippen molar-refractivity contribution in [2.75, 3.05) is 45.8 Å². The van der Waals surface area contributed by atoms with E-state index in [1.165, 1.54) is 7.11 Å². The number of esters is 1. The van der Waals surface area contributed by atoms with E-state index in [4.69, 9.17) is 18.9 Å². The molecule has 2 aliphatic heterocycles. The van der Waals surface area contributed by atoms with Crippen LogP contribution in [0.5, 0.6) is 5.75 Å². The van der Waals surface area contributed by atoms with Crippen LogP contribution >= 0.6 is 0 Å². The molecule has 49 heavy (non-hydrogen) atoms. The molecule has 6 rings (SSSR count). The summed E-state index contributed by atoms with van der Waals surface area (Å²) in [6, 6.07) is 9.19. The number of aromatic nitrogens is 1. The lowest BCUT2D eigenvalue weighted by Crippen LogP contribution is -2.53. The van der Waals surface area contributed by atoms with Crippen molar-refractivity contribution in [2.24, 2.45) is 11.3 Å². The molecule has 2 aromatic carbocycles. The van der Waals surface area contributed by atoms with Crippen LogP contribution in [0.15, 0.2) is 36.5 Å². The molecule has 11 heteroatoms. The van der Waals surface area contributed by atoms with E-state index in [9.17, 15) is 18.4 Å². The number of nitrogens with zero attached hydrogens (tertiary/aromatic N) is 2. The van der Waals surface area contributed by atoms with E-state index in [0.717, 1.165) is 59.3 Å². The largest absolute Gasteiger partial charge is 0.496 e. The van der Waals surface area contributed by atoms with Gasteiger partial charge in [-0.05, 0) is 107 Å². The molecule has 0 bridgehead atoms. The average Bonchev–Trinajstić information content (AvgIpc) is 3.50. The number of ether oxygens (including phenoxy) is 4. The van der Waals surface area contributed by atoms with Gasteiger partial charge in [-0.15, -0.1) is 0 Å². The Morgan fingerprint density at radius 3 is 2.47 bits per heavy atom. The molecule has 1 spiro atoms. The first-order valence-electron chi connectivity index (χ1n) is 17.3. The quantitative estimate of drug-likeness (QED) is 0.239. The first-order chi connectivity index (χ1) is 23.2. The van der Waals surface area contributed by atoms with Crippen molar-refractivity contribution < 1.29 is 37.3 Å². The number of alkyl halides is 2. The molecule has 0 unspecified atom stereocenters. The van der Waals surface area contributed by atoms with Crippen LogP contribution in [0.25, 0.3) is 10.9 Å². The fourth-order valence-electron chi connectivity index (χ4n) is 8.06. The minimum absolute atomic E-state index is 0.119. The maximum absolute atomic E-state index is 14.5. The van der Waals surface area contributed by atoms with E-state index in [1.54, 1.807) is 23.9 Å². The molecule has 266 valence electrons. The van der Waals surface area contributed by atoms with Crippen LogP contribution in [0.2, 0.25) is 0 Å². The average molecular weight is 682 g/mol. The van der Waals surface area contributed by atoms with Crippen molar-refractivity contribution >= 4 is 28.7 Å². The molecule has 3 heterocycles. The van der Waals surface area contributed by atoms with Gasteiger partial charge >= 0.3 is 12.1 Å². The van der Waals surface area contributed by atoms with E-state index in [2.05, 4.69) is 10.2 Å². The lowest BCUT2D eigenvalue weighted by atomic mass is 9.58. The Balaban J connectivity index is 1.40. The summed E-state index contributed by atoms with van der Waals surface area (Å²) in [6.07, 6.45) is 4.13. The molecule has 0 radical (unpaired) electrons. The van der Waals surface area contributed by atoms with Crippen LogP contribution in [0.1, 0.15) is 92.4 Å². The molecule has 1 aliphatic carbocycles. The highest BCUT2D eigenvalue weighted by Gasteiger charge is 2.58. The highest BCUT2D eigenvalue weighted by Crippen LogP contribution is 2.61. The Morgan fingerprint density at radius 2 is 1.82 bits per heavy atom. The van der Waals surface area contributed by atoms with Crippen molar-refractivity contribution in [3.8, 4) is 5.75 Å². The smallest absolute Gasteiger partial charge is 0.419 e. The highest BCUT2D eigenvalue weighted by molar-refractivity contribution is 5.95. The third kappa shape index (κ3) is 7.43. The van der Waals surface area contributed by atoms with E-state index < -0.39 is 29.0 Å². The van der Waals surface area contributed by atoms with Crippen LogP contribution in [0, 0.1) is 18.3 Å². The molecule has 3 fully saturated rings. The number of benzene rings is 2. The molecule has 3 aromatic rings. The number of hydrogen-bond donors (Lipinski definition) is 1. The number of hydrogen-bond acceptors (Lipinski definition) is 8. The van der Waals surface area contributed by atoms with Gasteiger partial charge in [0.25, 0.3) is 0 Å². The van der Waals surface area contributed by atoms with Crippen molar-refractivity contribution in [3.63, 3.8) is 0 Å². The van der Waals surface area contributed by atoms with Gasteiger partial charge in [-0.3, -0.25) is 9.47 Å². The summed E-state index contributed by atoms with van der Waals surface area (Å²) in [4.78, 5) is 28.2. The number of anilines is 1. The molecule has 1 aromatic heterocycles. The molecule has 9 nitrogen and oxygen atoms in total. The third-order valence-electron chi connectivity index (χ3n) is 10.4. The monoisotopic (exact) mass is 681 g/mol. The number of rotatable bonds is 8. The lowest BCUT2D eigenvalue weighted by Gasteiger charge is -2.55. The minimum Gasteiger partial charge on any atom is -0.496 e. The van der Waals surface area contributed by atoms with Crippen LogP contribution in [-0.2, 0) is 20.8 Å². The van der Waals surface area contributed by atoms with Gasteiger partial charge in [0.1, 0.15) is 11.4 Å². The Labute approximate surface area is 287 Å². The van der Waals surface area contributed by atoms with Gasteiger partial charge in [0.15, 0.2) is 0 Å². The molecule has 1 saturated carbocycles. The number of fused-ring (bicyclic) bond motifs is 1. The molecule has 1 atom stereocenters. The zero-order valence-electron chi connectivity index (χ0n) is 29.5. The predicted molar refractivity (Wildman–Crippen MR) is 184 cm³/mol. The fourth-order valence-corrected chi connectivity index (χ4v) is 8.06. The van der Waals surface area contributed by atoms with Gasteiger partial charge in [-0.2, -0.15) is 0 Å². The third-order valence-corrected chi connectivity index (χ3v) is 10.4. The van der Waals surface area contributed by atoms with Gasteiger partial charge in [0, 0.05) is 68.0 Å². The molecule has 0 amide bonds. The van der Waals surface area contributed by atoms with Crippen LogP contribution in [0.3, 0.4) is 0 Å². The maximum Gasteiger partial charge on any atom is 0.419 e. The molecule has 1 N–H and O–H groups in total. The van der Waals surface area contributed by atoms with E-state index in [-0.39, 0.29) is 18.9 Å². The standard InChI is InChI=1S/C38H49F2N3O6/c1-24-17-32(46-5)29(27-9-13-43(33(24)27)35(45)49-36(2,3)4)21-42-14-12-37(22-38(39,40)23-37)19-31(42)28-8-7-26(34(44)47-6)18-30(28)41-20-25-10-15-48-16-11-25/h7-9,13,17-18,25,31,41H,10-12,14-16,19-23H2,1-6H3/t31-/m1/s1. The van der Waals surface area contributed by atoms with Crippen LogP contribution in [-0.4, -0.2) is 73.6 Å². The second-order valence-electron chi connectivity index (χ2n) is 15.2. The Morgan fingerprint density at radius 1 is 1.08 bits per heavy atom. The summed E-state index contributed by atoms with van der Waals surface area (Å²) in [6.45, 7) is 10.7. The van der Waals surface area contributed by atoms with Crippen molar-refractivity contribution in [2.45, 2.75) is 90.3 Å². The van der Waals surface area contributed by atoms with Gasteiger partial charge in [0.2, 0.25) is 5.92 Å². The molecule has 2 saturated heterocycles. The Hall–Kier alpha value is -3.70. The van der Waals surface area contributed by atoms with Gasteiger partial charge in [-0.1, -0.05) is 6.07 Å². The zero-order chi connectivity index (χ0) is 35.1. The first-order valence-corrected chi connectivity index (χ1v) is 17.3. The maximum atomic E-state index is 14.5. The van der Waals surface area contributed by atoms with Crippen molar-refractivity contribution in [3.05, 3.63) is 58.8 Å². The summed E-state index contributed by atoms with van der Waals surface area (Å²) in [7, 11) is 3.00. The summed E-state index contributed by atoms with van der Waals surface area (Å²) in [5.41, 5.74) is 3.60. The lowest BCUT2D eigenvalue weighted by molar-refractivity contribution is -0.186. The molecular weight excluding hydrogens is 632 g/mol. The number of halogens is 2. The second kappa shape index (κ2) is 13.5. The number of nitrogens with one attached hydrogen (secondary N) is 1. The van der Waals surface area contributed by atoms with E-state index in [0.29, 0.717) is 49.7 Å². The summed E-state index contributed by atoms with van der Waals surface area (Å²) in [5.74, 6) is -1.97. The minimum atomic E-state index is -2.65. The van der Waals surface area contributed by atoms with Gasteiger partial charge < -0.3 is 24.3 Å². The predicted octanol–water partition coefficient (Wildman–Crippen LogP) is 8.12. The number of aryl methyl sites for hydroxylation is 1. The number of carbonyl (C=O) groups excluding carboxylic acids is 2. The fraction of sp³-hybridized carbons (Fsp3) is 0.579. The first kappa shape index (κ1) is 35.1. The van der Waals surface area contributed by atoms with Crippen LogP contribution in [0.4, 0.5) is 19.3 Å². The van der Waals surface area contributed by atoms with Gasteiger partial charge in [0.05, 0.1) is 25.3 Å². The summed E-state index contributed by atoms with van der Waals surface area (Å²) >= 11 is 0. The normalized spacial score (nSPS) is 20.9. The highest BCUT2D eigenvalue weighted by atomic mass is 19.3. The molecular formula is C38H49F2N3O6. The second-order valence-corrected chi connectivity index (χ2v) is 15.2. The zero-order valence-corrected chi connectivity index (χ0v) is 29.5. The van der Waals surface area contributed by atoms with Gasteiger partial charge in [-0.25, -0.2) is 18.4 Å². The van der Waals surface area contributed by atoms with Crippen molar-refractivity contribution in [1.82, 2.24) is 9.47 Å². The number of carbonyl (C=O) groups is 2. The van der Waals surface area contributed by atoms with E-state index in [1.807, 2.05) is 52.0 Å². The van der Waals surface area contributed by atoms with E-state index >= 15 is 0 Å². The topological polar surface area (TPSA) is 91.3 Å².